The molecule has 284 valence electrons. The standard InChI is InChI=1S/C38H42O15/c1-22(39)17-18-28(40)47-20-26-29(41)30(42)31(43)37(50-26)53-33-27(21-48-35(45)24-13-7-3-8-14-24)51-38(49-19-23-11-5-2-6-12-23)34(32(33)44)52-36(46)25-15-9-4-10-16-25/h2-16,26-27,29-34,37-38,41-44H,17-21H2,1H3/t26-,27-,29+,30+,31-,32+,33-,34-,37+,38-/m1/s1. The van der Waals surface area contributed by atoms with Gasteiger partial charge in [-0.15, -0.1) is 0 Å². The van der Waals surface area contributed by atoms with Gasteiger partial charge in [0.1, 0.15) is 61.7 Å². The number of aliphatic hydroxyl groups excluding tert-OH is 4. The van der Waals surface area contributed by atoms with Gasteiger partial charge in [0.2, 0.25) is 0 Å². The van der Waals surface area contributed by atoms with E-state index in [0.717, 1.165) is 5.56 Å². The summed E-state index contributed by atoms with van der Waals surface area (Å²) in [5.74, 6) is -2.57. The molecule has 0 bridgehead atoms. The van der Waals surface area contributed by atoms with Crippen molar-refractivity contribution in [3.05, 3.63) is 108 Å². The molecule has 5 rings (SSSR count). The molecule has 2 heterocycles. The van der Waals surface area contributed by atoms with Gasteiger partial charge in [0, 0.05) is 6.42 Å². The molecule has 15 nitrogen and oxygen atoms in total. The van der Waals surface area contributed by atoms with Crippen LogP contribution in [0.1, 0.15) is 46.0 Å². The maximum Gasteiger partial charge on any atom is 0.338 e. The summed E-state index contributed by atoms with van der Waals surface area (Å²) in [6.07, 6.45) is -16.8. The first kappa shape index (κ1) is 39.6. The molecule has 53 heavy (non-hydrogen) atoms. The van der Waals surface area contributed by atoms with Crippen molar-refractivity contribution in [2.75, 3.05) is 13.2 Å². The average molecular weight is 739 g/mol. The van der Waals surface area contributed by atoms with Crippen molar-refractivity contribution in [3.8, 4) is 0 Å². The summed E-state index contributed by atoms with van der Waals surface area (Å²) in [7, 11) is 0. The first-order valence-corrected chi connectivity index (χ1v) is 17.0. The predicted molar refractivity (Wildman–Crippen MR) is 181 cm³/mol. The lowest BCUT2D eigenvalue weighted by Gasteiger charge is -2.46. The molecule has 2 saturated heterocycles. The molecular weight excluding hydrogens is 696 g/mol. The minimum absolute atomic E-state index is 0.0407. The number of rotatable bonds is 15. The quantitative estimate of drug-likeness (QED) is 0.128. The predicted octanol–water partition coefficient (Wildman–Crippen LogP) is 1.48. The molecule has 0 spiro atoms. The normalized spacial score (nSPS) is 28.4. The number of carbonyl (C=O) groups excluding carboxylic acids is 4. The molecule has 2 aliphatic heterocycles. The first-order chi connectivity index (χ1) is 25.5. The Hall–Kier alpha value is -4.58. The second kappa shape index (κ2) is 19.0. The smallest absolute Gasteiger partial charge is 0.338 e. The summed E-state index contributed by atoms with van der Waals surface area (Å²) in [6, 6.07) is 25.0. The highest BCUT2D eigenvalue weighted by atomic mass is 16.8. The number of ketones is 1. The number of ether oxygens (including phenoxy) is 7. The van der Waals surface area contributed by atoms with Gasteiger partial charge in [0.05, 0.1) is 24.2 Å². The zero-order chi connectivity index (χ0) is 37.9. The number of hydrogen-bond acceptors (Lipinski definition) is 15. The van der Waals surface area contributed by atoms with Gasteiger partial charge in [0.25, 0.3) is 0 Å². The van der Waals surface area contributed by atoms with Gasteiger partial charge in [-0.25, -0.2) is 9.59 Å². The van der Waals surface area contributed by atoms with Crippen LogP contribution >= 0.6 is 0 Å². The third-order valence-electron chi connectivity index (χ3n) is 8.56. The minimum Gasteiger partial charge on any atom is -0.463 e. The third kappa shape index (κ3) is 10.7. The summed E-state index contributed by atoms with van der Waals surface area (Å²) in [5, 5.41) is 44.1. The maximum absolute atomic E-state index is 13.3. The number of hydrogen-bond donors (Lipinski definition) is 4. The lowest BCUT2D eigenvalue weighted by molar-refractivity contribution is -0.359. The summed E-state index contributed by atoms with van der Waals surface area (Å²) in [6.45, 7) is 0.146. The van der Waals surface area contributed by atoms with Crippen LogP contribution in [0.25, 0.3) is 0 Å². The van der Waals surface area contributed by atoms with Crippen molar-refractivity contribution < 1.29 is 72.8 Å². The highest BCUT2D eigenvalue weighted by molar-refractivity contribution is 5.90. The number of Topliss-reactive ketones (excluding diaryl/α,β-unsaturated/α-hetero) is 1. The van der Waals surface area contributed by atoms with Crippen LogP contribution < -0.4 is 0 Å². The molecule has 3 aromatic rings. The van der Waals surface area contributed by atoms with Crippen molar-refractivity contribution in [1.82, 2.24) is 0 Å². The monoisotopic (exact) mass is 738 g/mol. The van der Waals surface area contributed by atoms with E-state index in [0.29, 0.717) is 0 Å². The van der Waals surface area contributed by atoms with Crippen molar-refractivity contribution in [2.45, 2.75) is 87.8 Å². The number of carbonyl (C=O) groups is 4. The van der Waals surface area contributed by atoms with E-state index in [1.54, 1.807) is 60.7 Å². The topological polar surface area (TPSA) is 214 Å². The van der Waals surface area contributed by atoms with Crippen LogP contribution in [0.2, 0.25) is 0 Å². The van der Waals surface area contributed by atoms with Crippen LogP contribution in [0, 0.1) is 0 Å². The average Bonchev–Trinajstić information content (AvgIpc) is 3.18. The molecular formula is C38H42O15. The lowest BCUT2D eigenvalue weighted by Crippen LogP contribution is -2.65. The molecule has 0 radical (unpaired) electrons. The second-order valence-electron chi connectivity index (χ2n) is 12.5. The van der Waals surface area contributed by atoms with E-state index in [4.69, 9.17) is 33.2 Å². The fraction of sp³-hybridized carbons (Fsp3) is 0.421. The SMILES string of the molecule is CC(=O)CCC(=O)OC[C@H]1O[C@@H](O[C@H]2[C@H](O)[C@@H](OC(=O)c3ccccc3)[C@H](OCc3ccccc3)O[C@@H]2COC(=O)c2ccccc2)[C@H](O)[C@@H](O)[C@H]1O. The Kier molecular flexibility index (Phi) is 14.2. The van der Waals surface area contributed by atoms with Crippen molar-refractivity contribution in [1.29, 1.82) is 0 Å². The van der Waals surface area contributed by atoms with Crippen LogP contribution in [-0.2, 0) is 49.4 Å². The fourth-order valence-corrected chi connectivity index (χ4v) is 5.64. The molecule has 15 heteroatoms. The maximum atomic E-state index is 13.3. The van der Waals surface area contributed by atoms with E-state index in [2.05, 4.69) is 0 Å². The van der Waals surface area contributed by atoms with Crippen LogP contribution in [0.3, 0.4) is 0 Å². The van der Waals surface area contributed by atoms with E-state index in [-0.39, 0.29) is 36.4 Å². The molecule has 10 atom stereocenters. The third-order valence-corrected chi connectivity index (χ3v) is 8.56. The Morgan fingerprint density at radius 1 is 0.604 bits per heavy atom. The van der Waals surface area contributed by atoms with E-state index in [1.165, 1.54) is 31.2 Å². The van der Waals surface area contributed by atoms with Gasteiger partial charge in [-0.3, -0.25) is 4.79 Å². The molecule has 0 aliphatic carbocycles. The molecule has 2 aliphatic rings. The summed E-state index contributed by atoms with van der Waals surface area (Å²) in [4.78, 5) is 49.6. The highest BCUT2D eigenvalue weighted by Crippen LogP contribution is 2.32. The summed E-state index contributed by atoms with van der Waals surface area (Å²) < 4.78 is 40.4. The Morgan fingerprint density at radius 3 is 1.79 bits per heavy atom. The van der Waals surface area contributed by atoms with Crippen LogP contribution in [0.5, 0.6) is 0 Å². The number of benzene rings is 3. The molecule has 0 saturated carbocycles. The van der Waals surface area contributed by atoms with Crippen molar-refractivity contribution in [3.63, 3.8) is 0 Å². The number of aliphatic hydroxyl groups is 4. The van der Waals surface area contributed by atoms with Gasteiger partial charge >= 0.3 is 17.9 Å². The largest absolute Gasteiger partial charge is 0.463 e. The van der Waals surface area contributed by atoms with Crippen molar-refractivity contribution >= 4 is 23.7 Å². The van der Waals surface area contributed by atoms with Gasteiger partial charge in [-0.05, 0) is 36.8 Å². The molecule has 0 unspecified atom stereocenters. The van der Waals surface area contributed by atoms with E-state index in [1.807, 2.05) is 6.07 Å². The molecule has 0 amide bonds. The van der Waals surface area contributed by atoms with Gasteiger partial charge < -0.3 is 58.4 Å². The van der Waals surface area contributed by atoms with Crippen molar-refractivity contribution in [2.24, 2.45) is 0 Å². The van der Waals surface area contributed by atoms with E-state index < -0.39 is 92.5 Å². The minimum atomic E-state index is -1.91. The Morgan fingerprint density at radius 2 is 1.17 bits per heavy atom. The van der Waals surface area contributed by atoms with Gasteiger partial charge in [-0.2, -0.15) is 0 Å². The molecule has 2 fully saturated rings. The number of esters is 3. The van der Waals surface area contributed by atoms with Crippen LogP contribution in [-0.4, -0.2) is 119 Å². The van der Waals surface area contributed by atoms with Crippen LogP contribution in [0.15, 0.2) is 91.0 Å². The lowest BCUT2D eigenvalue weighted by atomic mass is 9.96. The summed E-state index contributed by atoms with van der Waals surface area (Å²) in [5.41, 5.74) is 1.10. The zero-order valence-corrected chi connectivity index (χ0v) is 28.7. The van der Waals surface area contributed by atoms with Gasteiger partial charge in [-0.1, -0.05) is 66.7 Å². The molecule has 3 aromatic carbocycles. The zero-order valence-electron chi connectivity index (χ0n) is 28.7. The van der Waals surface area contributed by atoms with Crippen LogP contribution in [0.4, 0.5) is 0 Å². The van der Waals surface area contributed by atoms with E-state index >= 15 is 0 Å². The highest BCUT2D eigenvalue weighted by Gasteiger charge is 2.53. The Labute approximate surface area is 304 Å². The first-order valence-electron chi connectivity index (χ1n) is 17.0. The summed E-state index contributed by atoms with van der Waals surface area (Å²) >= 11 is 0. The fourth-order valence-electron chi connectivity index (χ4n) is 5.64. The Balaban J connectivity index is 1.40. The van der Waals surface area contributed by atoms with E-state index in [9.17, 15) is 39.6 Å². The second-order valence-corrected chi connectivity index (χ2v) is 12.5. The Bertz CT molecular complexity index is 1640. The molecule has 0 aromatic heterocycles. The molecule has 4 N–H and O–H groups in total. The van der Waals surface area contributed by atoms with Gasteiger partial charge in [0.15, 0.2) is 18.7 Å².